The molecule has 0 saturated heterocycles. The quantitative estimate of drug-likeness (QED) is 0.915. The van der Waals surface area contributed by atoms with Crippen LogP contribution in [0.25, 0.3) is 0 Å². The van der Waals surface area contributed by atoms with Crippen molar-refractivity contribution in [3.8, 4) is 0 Å². The molecule has 0 spiro atoms. The molecule has 0 aromatic carbocycles. The van der Waals surface area contributed by atoms with Gasteiger partial charge in [0.2, 0.25) is 5.91 Å². The Morgan fingerprint density at radius 2 is 1.89 bits per heavy atom. The highest BCUT2D eigenvalue weighted by Crippen LogP contribution is 2.31. The molecule has 1 N–H and O–H groups in total. The van der Waals surface area contributed by atoms with Crippen LogP contribution in [0.15, 0.2) is 17.5 Å². The van der Waals surface area contributed by atoms with Crippen LogP contribution in [0.1, 0.15) is 25.7 Å². The van der Waals surface area contributed by atoms with E-state index >= 15 is 0 Å². The zero-order valence-electron chi connectivity index (χ0n) is 10.3. The average molecular weight is 267 g/mol. The van der Waals surface area contributed by atoms with Gasteiger partial charge < -0.3 is 10.0 Å². The summed E-state index contributed by atoms with van der Waals surface area (Å²) >= 11 is 1.54. The van der Waals surface area contributed by atoms with E-state index in [0.717, 1.165) is 5.00 Å². The lowest BCUT2D eigenvalue weighted by Crippen LogP contribution is -2.35. The van der Waals surface area contributed by atoms with Crippen LogP contribution in [0.4, 0.5) is 5.00 Å². The molecule has 1 aromatic rings. The first kappa shape index (κ1) is 13.1. The van der Waals surface area contributed by atoms with Gasteiger partial charge >= 0.3 is 5.97 Å². The lowest BCUT2D eigenvalue weighted by Gasteiger charge is -2.28. The summed E-state index contributed by atoms with van der Waals surface area (Å²) in [5.74, 6) is -0.900. The summed E-state index contributed by atoms with van der Waals surface area (Å²) in [5, 5.41) is 11.8. The Bertz CT molecular complexity index is 421. The van der Waals surface area contributed by atoms with Crippen LogP contribution in [-0.2, 0) is 9.59 Å². The van der Waals surface area contributed by atoms with Gasteiger partial charge in [-0.3, -0.25) is 9.59 Å². The van der Waals surface area contributed by atoms with Crippen molar-refractivity contribution in [2.45, 2.75) is 25.7 Å². The number of rotatable bonds is 3. The molecule has 18 heavy (non-hydrogen) atoms. The molecule has 1 heterocycles. The molecule has 98 valence electrons. The molecule has 1 aliphatic rings. The first-order chi connectivity index (χ1) is 8.59. The molecule has 1 aliphatic carbocycles. The Morgan fingerprint density at radius 1 is 1.28 bits per heavy atom. The number of anilines is 1. The standard InChI is InChI=1S/C13H17NO3S/c1-14(11-3-2-8-18-11)12(15)9-4-6-10(7-5-9)13(16)17/h2-3,8-10H,4-7H2,1H3,(H,16,17). The number of thiophene rings is 1. The van der Waals surface area contributed by atoms with Crippen LogP contribution in [0.2, 0.25) is 0 Å². The first-order valence-corrected chi connectivity index (χ1v) is 7.01. The van der Waals surface area contributed by atoms with Crippen molar-refractivity contribution in [3.05, 3.63) is 17.5 Å². The normalized spacial score (nSPS) is 23.6. The maximum Gasteiger partial charge on any atom is 0.306 e. The highest BCUT2D eigenvalue weighted by atomic mass is 32.1. The van der Waals surface area contributed by atoms with E-state index in [1.165, 1.54) is 11.3 Å². The molecule has 2 rings (SSSR count). The molecule has 0 atom stereocenters. The lowest BCUT2D eigenvalue weighted by molar-refractivity contribution is -0.143. The van der Waals surface area contributed by atoms with E-state index in [-0.39, 0.29) is 17.7 Å². The van der Waals surface area contributed by atoms with Crippen molar-refractivity contribution in [1.29, 1.82) is 0 Å². The summed E-state index contributed by atoms with van der Waals surface area (Å²) in [6.07, 6.45) is 2.60. The van der Waals surface area contributed by atoms with Gasteiger partial charge in [0.1, 0.15) is 0 Å². The highest BCUT2D eigenvalue weighted by molar-refractivity contribution is 7.14. The maximum atomic E-state index is 12.3. The number of carboxylic acid groups (broad SMARTS) is 1. The van der Waals surface area contributed by atoms with E-state index in [4.69, 9.17) is 5.11 Å². The molecule has 0 radical (unpaired) electrons. The Balaban J connectivity index is 1.93. The number of nitrogens with zero attached hydrogens (tertiary/aromatic N) is 1. The average Bonchev–Trinajstić information content (AvgIpc) is 2.91. The fraction of sp³-hybridized carbons (Fsp3) is 0.538. The zero-order chi connectivity index (χ0) is 13.1. The SMILES string of the molecule is CN(C(=O)C1CCC(C(=O)O)CC1)c1cccs1. The second-order valence-electron chi connectivity index (χ2n) is 4.74. The second kappa shape index (κ2) is 5.52. The fourth-order valence-corrected chi connectivity index (χ4v) is 3.13. The monoisotopic (exact) mass is 267 g/mol. The minimum absolute atomic E-state index is 0.0206. The first-order valence-electron chi connectivity index (χ1n) is 6.13. The number of hydrogen-bond acceptors (Lipinski definition) is 3. The van der Waals surface area contributed by atoms with Crippen molar-refractivity contribution < 1.29 is 14.7 Å². The summed E-state index contributed by atoms with van der Waals surface area (Å²) in [5.41, 5.74) is 0. The number of amides is 1. The van der Waals surface area contributed by atoms with Crippen molar-refractivity contribution in [2.24, 2.45) is 11.8 Å². The summed E-state index contributed by atoms with van der Waals surface area (Å²) in [6, 6.07) is 3.84. The molecular formula is C13H17NO3S. The lowest BCUT2D eigenvalue weighted by atomic mass is 9.81. The molecule has 0 aliphatic heterocycles. The largest absolute Gasteiger partial charge is 0.481 e. The van der Waals surface area contributed by atoms with Crippen LogP contribution in [-0.4, -0.2) is 24.0 Å². The van der Waals surface area contributed by atoms with Gasteiger partial charge in [-0.1, -0.05) is 0 Å². The van der Waals surface area contributed by atoms with E-state index in [1.807, 2.05) is 17.5 Å². The minimum atomic E-state index is -0.729. The van der Waals surface area contributed by atoms with E-state index in [2.05, 4.69) is 0 Å². The number of hydrogen-bond donors (Lipinski definition) is 1. The third-order valence-corrected chi connectivity index (χ3v) is 4.54. The van der Waals surface area contributed by atoms with Gasteiger partial charge in [0.25, 0.3) is 0 Å². The topological polar surface area (TPSA) is 57.6 Å². The maximum absolute atomic E-state index is 12.3. The van der Waals surface area contributed by atoms with Crippen LogP contribution >= 0.6 is 11.3 Å². The Hall–Kier alpha value is -1.36. The van der Waals surface area contributed by atoms with E-state index in [1.54, 1.807) is 11.9 Å². The molecule has 1 amide bonds. The third-order valence-electron chi connectivity index (χ3n) is 3.59. The molecule has 0 bridgehead atoms. The van der Waals surface area contributed by atoms with E-state index in [0.29, 0.717) is 25.7 Å². The van der Waals surface area contributed by atoms with Crippen LogP contribution in [0.5, 0.6) is 0 Å². The Labute approximate surface area is 110 Å². The molecular weight excluding hydrogens is 250 g/mol. The fourth-order valence-electron chi connectivity index (χ4n) is 2.43. The zero-order valence-corrected chi connectivity index (χ0v) is 11.2. The molecule has 1 fully saturated rings. The van der Waals surface area contributed by atoms with E-state index < -0.39 is 5.97 Å². The second-order valence-corrected chi connectivity index (χ2v) is 5.66. The van der Waals surface area contributed by atoms with Crippen molar-refractivity contribution in [3.63, 3.8) is 0 Å². The van der Waals surface area contributed by atoms with Crippen LogP contribution < -0.4 is 4.90 Å². The predicted molar refractivity (Wildman–Crippen MR) is 70.8 cm³/mol. The van der Waals surface area contributed by atoms with Gasteiger partial charge in [-0.2, -0.15) is 0 Å². The Kier molecular flexibility index (Phi) is 4.01. The highest BCUT2D eigenvalue weighted by Gasteiger charge is 2.31. The molecule has 1 saturated carbocycles. The van der Waals surface area contributed by atoms with Gasteiger partial charge in [0.15, 0.2) is 0 Å². The van der Waals surface area contributed by atoms with Gasteiger partial charge in [0.05, 0.1) is 10.9 Å². The molecule has 0 unspecified atom stereocenters. The number of carbonyl (C=O) groups excluding carboxylic acids is 1. The number of aliphatic carboxylic acids is 1. The van der Waals surface area contributed by atoms with Gasteiger partial charge in [-0.05, 0) is 43.2 Å². The van der Waals surface area contributed by atoms with Crippen LogP contribution in [0, 0.1) is 11.8 Å². The minimum Gasteiger partial charge on any atom is -0.481 e. The summed E-state index contributed by atoms with van der Waals surface area (Å²) in [7, 11) is 1.79. The number of carboxylic acids is 1. The van der Waals surface area contributed by atoms with Crippen molar-refractivity contribution in [1.82, 2.24) is 0 Å². The van der Waals surface area contributed by atoms with Crippen molar-refractivity contribution in [2.75, 3.05) is 11.9 Å². The third kappa shape index (κ3) is 2.72. The summed E-state index contributed by atoms with van der Waals surface area (Å²) in [6.45, 7) is 0. The summed E-state index contributed by atoms with van der Waals surface area (Å²) in [4.78, 5) is 24.8. The van der Waals surface area contributed by atoms with Gasteiger partial charge in [-0.15, -0.1) is 11.3 Å². The summed E-state index contributed by atoms with van der Waals surface area (Å²) < 4.78 is 0. The van der Waals surface area contributed by atoms with Gasteiger partial charge in [0, 0.05) is 13.0 Å². The molecule has 5 heteroatoms. The van der Waals surface area contributed by atoms with Crippen LogP contribution in [0.3, 0.4) is 0 Å². The molecule has 4 nitrogen and oxygen atoms in total. The Morgan fingerprint density at radius 3 is 2.39 bits per heavy atom. The van der Waals surface area contributed by atoms with Gasteiger partial charge in [-0.25, -0.2) is 0 Å². The van der Waals surface area contributed by atoms with Crippen molar-refractivity contribution >= 4 is 28.2 Å². The smallest absolute Gasteiger partial charge is 0.306 e. The molecule has 1 aromatic heterocycles. The predicted octanol–water partition coefficient (Wildman–Crippen LogP) is 2.60. The number of carbonyl (C=O) groups is 2. The van der Waals surface area contributed by atoms with E-state index in [9.17, 15) is 9.59 Å².